The largest absolute Gasteiger partial charge is 0.491 e. The lowest BCUT2D eigenvalue weighted by Crippen LogP contribution is -2.23. The molecule has 0 bridgehead atoms. The summed E-state index contributed by atoms with van der Waals surface area (Å²) in [7, 11) is 0. The predicted molar refractivity (Wildman–Crippen MR) is 110 cm³/mol. The fourth-order valence-corrected chi connectivity index (χ4v) is 4.09. The van der Waals surface area contributed by atoms with E-state index < -0.39 is 0 Å². The van der Waals surface area contributed by atoms with Crippen molar-refractivity contribution < 1.29 is 14.3 Å². The molecule has 1 fully saturated rings. The van der Waals surface area contributed by atoms with Gasteiger partial charge in [0.1, 0.15) is 5.75 Å². The van der Waals surface area contributed by atoms with Crippen molar-refractivity contribution in [3.8, 4) is 5.75 Å². The van der Waals surface area contributed by atoms with Crippen molar-refractivity contribution in [3.63, 3.8) is 0 Å². The highest BCUT2D eigenvalue weighted by atomic mass is 32.2. The summed E-state index contributed by atoms with van der Waals surface area (Å²) in [6.07, 6.45) is 2.70. The Hall–Kier alpha value is -1.98. The van der Waals surface area contributed by atoms with Gasteiger partial charge in [0.05, 0.1) is 17.8 Å². The topological polar surface area (TPSA) is 47.6 Å². The zero-order valence-electron chi connectivity index (χ0n) is 15.9. The molecular weight excluding hydrogens is 358 g/mol. The van der Waals surface area contributed by atoms with Gasteiger partial charge >= 0.3 is 0 Å². The molecule has 1 aliphatic heterocycles. The molecular formula is C22H27NO3S. The van der Waals surface area contributed by atoms with Gasteiger partial charge in [-0.05, 0) is 56.5 Å². The lowest BCUT2D eigenvalue weighted by molar-refractivity contribution is 0.0948. The number of amides is 1. The molecule has 0 saturated carbocycles. The van der Waals surface area contributed by atoms with E-state index in [1.165, 1.54) is 0 Å². The van der Waals surface area contributed by atoms with E-state index in [9.17, 15) is 4.79 Å². The van der Waals surface area contributed by atoms with Crippen LogP contribution in [0, 0.1) is 0 Å². The third-order valence-electron chi connectivity index (χ3n) is 4.33. The van der Waals surface area contributed by atoms with Crippen LogP contribution in [-0.2, 0) is 11.3 Å². The monoisotopic (exact) mass is 385 g/mol. The van der Waals surface area contributed by atoms with Gasteiger partial charge in [-0.2, -0.15) is 0 Å². The molecule has 27 heavy (non-hydrogen) atoms. The second-order valence-corrected chi connectivity index (χ2v) is 8.00. The first-order valence-electron chi connectivity index (χ1n) is 9.49. The highest BCUT2D eigenvalue weighted by molar-refractivity contribution is 7.99. The number of rotatable bonds is 8. The fraction of sp³-hybridized carbons (Fsp3) is 0.409. The summed E-state index contributed by atoms with van der Waals surface area (Å²) >= 11 is 1.70. The van der Waals surface area contributed by atoms with E-state index >= 15 is 0 Å². The fourth-order valence-electron chi connectivity index (χ4n) is 2.97. The minimum Gasteiger partial charge on any atom is -0.491 e. The van der Waals surface area contributed by atoms with E-state index in [1.54, 1.807) is 11.8 Å². The molecule has 1 amide bonds. The number of hydrogen-bond donors (Lipinski definition) is 1. The van der Waals surface area contributed by atoms with Crippen molar-refractivity contribution >= 4 is 17.7 Å². The third kappa shape index (κ3) is 6.01. The number of nitrogens with one attached hydrogen (secondary N) is 1. The molecule has 1 aliphatic rings. The highest BCUT2D eigenvalue weighted by Crippen LogP contribution is 2.26. The zero-order chi connectivity index (χ0) is 19.1. The Morgan fingerprint density at radius 1 is 1.22 bits per heavy atom. The van der Waals surface area contributed by atoms with E-state index in [0.29, 0.717) is 12.6 Å². The maximum atomic E-state index is 12.7. The highest BCUT2D eigenvalue weighted by Gasteiger charge is 2.17. The van der Waals surface area contributed by atoms with Gasteiger partial charge in [-0.25, -0.2) is 0 Å². The van der Waals surface area contributed by atoms with Gasteiger partial charge in [0.2, 0.25) is 0 Å². The Bertz CT molecular complexity index is 739. The number of hydrogen-bond acceptors (Lipinski definition) is 4. The molecule has 2 aromatic rings. The van der Waals surface area contributed by atoms with Crippen LogP contribution >= 0.6 is 11.8 Å². The summed E-state index contributed by atoms with van der Waals surface area (Å²) in [5.41, 5.74) is 1.77. The summed E-state index contributed by atoms with van der Waals surface area (Å²) < 4.78 is 11.3. The van der Waals surface area contributed by atoms with Crippen LogP contribution in [0.1, 0.15) is 42.6 Å². The van der Waals surface area contributed by atoms with Crippen LogP contribution < -0.4 is 10.1 Å². The minimum atomic E-state index is -0.0482. The zero-order valence-corrected chi connectivity index (χ0v) is 16.8. The van der Waals surface area contributed by atoms with Crippen molar-refractivity contribution in [1.29, 1.82) is 0 Å². The molecule has 0 aromatic heterocycles. The molecule has 0 radical (unpaired) electrons. The lowest BCUT2D eigenvalue weighted by Gasteiger charge is -2.13. The molecule has 0 spiro atoms. The van der Waals surface area contributed by atoms with Gasteiger partial charge in [-0.3, -0.25) is 4.79 Å². The van der Waals surface area contributed by atoms with Crippen molar-refractivity contribution in [2.75, 3.05) is 12.4 Å². The van der Waals surface area contributed by atoms with E-state index in [4.69, 9.17) is 9.47 Å². The van der Waals surface area contributed by atoms with Gasteiger partial charge in [-0.15, -0.1) is 11.8 Å². The van der Waals surface area contributed by atoms with Gasteiger partial charge in [0.25, 0.3) is 5.91 Å². The van der Waals surface area contributed by atoms with Gasteiger partial charge in [0.15, 0.2) is 0 Å². The number of carbonyl (C=O) groups excluding carboxylic acids is 1. The molecule has 0 aliphatic carbocycles. The van der Waals surface area contributed by atoms with Crippen molar-refractivity contribution in [3.05, 3.63) is 59.7 Å². The maximum absolute atomic E-state index is 12.7. The van der Waals surface area contributed by atoms with Gasteiger partial charge < -0.3 is 14.8 Å². The summed E-state index contributed by atoms with van der Waals surface area (Å²) in [4.78, 5) is 13.7. The van der Waals surface area contributed by atoms with Gasteiger partial charge in [0, 0.05) is 23.8 Å². The molecule has 3 rings (SSSR count). The molecule has 1 N–H and O–H groups in total. The van der Waals surface area contributed by atoms with Crippen molar-refractivity contribution in [1.82, 2.24) is 5.32 Å². The number of ether oxygens (including phenoxy) is 2. The Morgan fingerprint density at radius 2 is 2.00 bits per heavy atom. The molecule has 1 saturated heterocycles. The van der Waals surface area contributed by atoms with Crippen LogP contribution in [0.15, 0.2) is 53.4 Å². The number of thioether (sulfide) groups is 1. The standard InChI is InChI=1S/C22H27NO3S/c1-16(2)26-18-11-9-17(10-12-18)14-23-22(24)20-7-3-4-8-21(20)27-15-19-6-5-13-25-19/h3-4,7-12,16,19H,5-6,13-15H2,1-2H3,(H,23,24). The van der Waals surface area contributed by atoms with Crippen molar-refractivity contribution in [2.45, 2.75) is 50.3 Å². The molecule has 144 valence electrons. The Balaban J connectivity index is 1.55. The Morgan fingerprint density at radius 3 is 2.70 bits per heavy atom. The summed E-state index contributed by atoms with van der Waals surface area (Å²) in [6, 6.07) is 15.6. The molecule has 1 atom stereocenters. The van der Waals surface area contributed by atoms with Crippen LogP contribution in [-0.4, -0.2) is 30.5 Å². The summed E-state index contributed by atoms with van der Waals surface area (Å²) in [5, 5.41) is 3.02. The van der Waals surface area contributed by atoms with Crippen LogP contribution in [0.2, 0.25) is 0 Å². The predicted octanol–water partition coefficient (Wildman–Crippen LogP) is 4.67. The average molecular weight is 386 g/mol. The van der Waals surface area contributed by atoms with Gasteiger partial charge in [-0.1, -0.05) is 24.3 Å². The molecule has 4 nitrogen and oxygen atoms in total. The quantitative estimate of drug-likeness (QED) is 0.671. The van der Waals surface area contributed by atoms with E-state index in [2.05, 4.69) is 5.32 Å². The van der Waals surface area contributed by atoms with E-state index in [1.807, 2.05) is 62.4 Å². The summed E-state index contributed by atoms with van der Waals surface area (Å²) in [5.74, 6) is 1.69. The third-order valence-corrected chi connectivity index (χ3v) is 5.53. The second kappa shape index (κ2) is 9.81. The van der Waals surface area contributed by atoms with Crippen molar-refractivity contribution in [2.24, 2.45) is 0 Å². The number of carbonyl (C=O) groups is 1. The summed E-state index contributed by atoms with van der Waals surface area (Å²) in [6.45, 7) is 5.35. The average Bonchev–Trinajstić information content (AvgIpc) is 3.19. The van der Waals surface area contributed by atoms with Crippen LogP contribution in [0.25, 0.3) is 0 Å². The Kier molecular flexibility index (Phi) is 7.18. The SMILES string of the molecule is CC(C)Oc1ccc(CNC(=O)c2ccccc2SCC2CCCO2)cc1. The minimum absolute atomic E-state index is 0.0482. The normalized spacial score (nSPS) is 16.5. The first-order valence-corrected chi connectivity index (χ1v) is 10.5. The molecule has 2 aromatic carbocycles. The van der Waals surface area contributed by atoms with E-state index in [-0.39, 0.29) is 12.0 Å². The smallest absolute Gasteiger partial charge is 0.252 e. The molecule has 5 heteroatoms. The Labute approximate surface area is 165 Å². The molecule has 1 heterocycles. The maximum Gasteiger partial charge on any atom is 0.252 e. The lowest BCUT2D eigenvalue weighted by atomic mass is 10.2. The number of benzene rings is 2. The van der Waals surface area contributed by atoms with Crippen LogP contribution in [0.3, 0.4) is 0 Å². The second-order valence-electron chi connectivity index (χ2n) is 6.94. The molecule has 1 unspecified atom stereocenters. The van der Waals surface area contributed by atoms with Crippen LogP contribution in [0.4, 0.5) is 0 Å². The van der Waals surface area contributed by atoms with E-state index in [0.717, 1.165) is 47.0 Å². The first kappa shape index (κ1) is 19.8. The first-order chi connectivity index (χ1) is 13.1. The van der Waals surface area contributed by atoms with Crippen LogP contribution in [0.5, 0.6) is 5.75 Å².